The predicted octanol–water partition coefficient (Wildman–Crippen LogP) is 5.08. The Hall–Kier alpha value is -3.92. The molecule has 0 fully saturated rings. The van der Waals surface area contributed by atoms with E-state index in [0.29, 0.717) is 11.4 Å². The number of phenols is 1. The SMILES string of the molecule is Cc1c(-c2ccccc2)c(=O)nc(/C=C/c2ccc(O)cc2)n1-c1ccccc1. The standard InChI is InChI=1S/C25H20N2O2/c1-18-24(20-8-4-2-5-9-20)25(29)26-23(27(18)21-10-6-3-7-11-21)17-14-19-12-15-22(28)16-13-19/h2-17,28H,1H3/b17-14+. The molecule has 3 aromatic carbocycles. The van der Waals surface area contributed by atoms with Crippen LogP contribution >= 0.6 is 0 Å². The molecule has 4 nitrogen and oxygen atoms in total. The highest BCUT2D eigenvalue weighted by Crippen LogP contribution is 2.23. The van der Waals surface area contributed by atoms with E-state index in [2.05, 4.69) is 4.98 Å². The third-order valence-electron chi connectivity index (χ3n) is 4.75. The topological polar surface area (TPSA) is 55.1 Å². The Morgan fingerprint density at radius 2 is 1.45 bits per heavy atom. The van der Waals surface area contributed by atoms with Crippen molar-refractivity contribution in [3.05, 3.63) is 112 Å². The summed E-state index contributed by atoms with van der Waals surface area (Å²) >= 11 is 0. The van der Waals surface area contributed by atoms with Gasteiger partial charge < -0.3 is 5.11 Å². The zero-order valence-corrected chi connectivity index (χ0v) is 16.0. The molecule has 0 radical (unpaired) electrons. The molecule has 1 heterocycles. The maximum absolute atomic E-state index is 12.9. The van der Waals surface area contributed by atoms with Crippen molar-refractivity contribution < 1.29 is 5.11 Å². The van der Waals surface area contributed by atoms with Crippen LogP contribution < -0.4 is 5.56 Å². The first-order valence-corrected chi connectivity index (χ1v) is 9.35. The van der Waals surface area contributed by atoms with Gasteiger partial charge in [0.25, 0.3) is 5.56 Å². The van der Waals surface area contributed by atoms with Crippen LogP contribution in [0.5, 0.6) is 5.75 Å². The van der Waals surface area contributed by atoms with Crippen molar-refractivity contribution in [2.75, 3.05) is 0 Å². The van der Waals surface area contributed by atoms with Crippen LogP contribution in [0.2, 0.25) is 0 Å². The average Bonchev–Trinajstić information content (AvgIpc) is 2.74. The second-order valence-electron chi connectivity index (χ2n) is 6.70. The van der Waals surface area contributed by atoms with Crippen LogP contribution in [-0.4, -0.2) is 14.7 Å². The van der Waals surface area contributed by atoms with Gasteiger partial charge in [-0.3, -0.25) is 9.36 Å². The van der Waals surface area contributed by atoms with Crippen LogP contribution in [0.25, 0.3) is 29.0 Å². The van der Waals surface area contributed by atoms with Gasteiger partial charge in [-0.25, -0.2) is 0 Å². The zero-order valence-electron chi connectivity index (χ0n) is 16.0. The van der Waals surface area contributed by atoms with Gasteiger partial charge in [0.2, 0.25) is 0 Å². The lowest BCUT2D eigenvalue weighted by atomic mass is 10.1. The van der Waals surface area contributed by atoms with Gasteiger partial charge in [0.05, 0.1) is 5.56 Å². The van der Waals surface area contributed by atoms with Gasteiger partial charge in [0.15, 0.2) is 0 Å². The van der Waals surface area contributed by atoms with Crippen molar-refractivity contribution in [1.82, 2.24) is 9.55 Å². The molecule has 0 bridgehead atoms. The summed E-state index contributed by atoms with van der Waals surface area (Å²) in [5.74, 6) is 0.760. The minimum atomic E-state index is -0.258. The zero-order chi connectivity index (χ0) is 20.2. The molecule has 0 atom stereocenters. The smallest absolute Gasteiger partial charge is 0.281 e. The van der Waals surface area contributed by atoms with E-state index in [4.69, 9.17) is 0 Å². The summed E-state index contributed by atoms with van der Waals surface area (Å²) in [7, 11) is 0. The Balaban J connectivity index is 1.91. The number of hydrogen-bond donors (Lipinski definition) is 1. The van der Waals surface area contributed by atoms with E-state index in [-0.39, 0.29) is 11.3 Å². The maximum atomic E-state index is 12.9. The highest BCUT2D eigenvalue weighted by atomic mass is 16.3. The fourth-order valence-corrected chi connectivity index (χ4v) is 3.36. The fraction of sp³-hybridized carbons (Fsp3) is 0.0400. The lowest BCUT2D eigenvalue weighted by Gasteiger charge is -2.17. The average molecular weight is 380 g/mol. The molecule has 4 aromatic rings. The second kappa shape index (κ2) is 7.98. The van der Waals surface area contributed by atoms with Crippen molar-refractivity contribution in [2.45, 2.75) is 6.92 Å². The van der Waals surface area contributed by atoms with Crippen LogP contribution in [0.4, 0.5) is 0 Å². The Labute approximate surface area is 169 Å². The molecular formula is C25H20N2O2. The number of nitrogens with zero attached hydrogens (tertiary/aromatic N) is 2. The molecule has 0 aliphatic heterocycles. The first-order valence-electron chi connectivity index (χ1n) is 9.35. The monoisotopic (exact) mass is 380 g/mol. The van der Waals surface area contributed by atoms with Crippen LogP contribution in [0.15, 0.2) is 89.7 Å². The molecule has 0 aliphatic carbocycles. The Kier molecular flexibility index (Phi) is 5.08. The molecule has 142 valence electrons. The van der Waals surface area contributed by atoms with Crippen molar-refractivity contribution in [2.24, 2.45) is 0 Å². The minimum Gasteiger partial charge on any atom is -0.508 e. The summed E-state index contributed by atoms with van der Waals surface area (Å²) in [5.41, 5.74) is 3.85. The summed E-state index contributed by atoms with van der Waals surface area (Å²) < 4.78 is 1.99. The minimum absolute atomic E-state index is 0.213. The Morgan fingerprint density at radius 3 is 2.10 bits per heavy atom. The molecule has 4 heteroatoms. The summed E-state index contributed by atoms with van der Waals surface area (Å²) in [6.07, 6.45) is 3.70. The van der Waals surface area contributed by atoms with E-state index in [1.807, 2.05) is 96.4 Å². The first-order chi connectivity index (χ1) is 14.1. The molecule has 0 saturated carbocycles. The molecule has 0 amide bonds. The van der Waals surface area contributed by atoms with E-state index < -0.39 is 0 Å². The molecule has 0 aliphatic rings. The molecule has 0 saturated heterocycles. The third-order valence-corrected chi connectivity index (χ3v) is 4.75. The van der Waals surface area contributed by atoms with E-state index in [9.17, 15) is 9.90 Å². The number of para-hydroxylation sites is 1. The molecule has 1 N–H and O–H groups in total. The number of benzene rings is 3. The summed E-state index contributed by atoms with van der Waals surface area (Å²) in [4.78, 5) is 17.3. The lowest BCUT2D eigenvalue weighted by Crippen LogP contribution is -2.20. The van der Waals surface area contributed by atoms with E-state index >= 15 is 0 Å². The Morgan fingerprint density at radius 1 is 0.828 bits per heavy atom. The van der Waals surface area contributed by atoms with E-state index in [1.54, 1.807) is 12.1 Å². The first kappa shape index (κ1) is 18.4. The van der Waals surface area contributed by atoms with Gasteiger partial charge in [-0.15, -0.1) is 0 Å². The summed E-state index contributed by atoms with van der Waals surface area (Å²) in [6.45, 7) is 1.94. The lowest BCUT2D eigenvalue weighted by molar-refractivity contribution is 0.475. The van der Waals surface area contributed by atoms with Gasteiger partial charge in [-0.05, 0) is 48.4 Å². The molecular weight excluding hydrogens is 360 g/mol. The third kappa shape index (κ3) is 3.87. The van der Waals surface area contributed by atoms with Gasteiger partial charge in [-0.1, -0.05) is 66.7 Å². The summed E-state index contributed by atoms with van der Waals surface area (Å²) in [6, 6.07) is 26.3. The van der Waals surface area contributed by atoms with Crippen molar-refractivity contribution in [3.8, 4) is 22.6 Å². The highest BCUT2D eigenvalue weighted by Gasteiger charge is 2.15. The summed E-state index contributed by atoms with van der Waals surface area (Å²) in [5, 5.41) is 9.46. The van der Waals surface area contributed by atoms with Gasteiger partial charge >= 0.3 is 0 Å². The number of aromatic hydroxyl groups is 1. The largest absolute Gasteiger partial charge is 0.508 e. The molecule has 29 heavy (non-hydrogen) atoms. The quantitative estimate of drug-likeness (QED) is 0.537. The van der Waals surface area contributed by atoms with Crippen molar-refractivity contribution in [1.29, 1.82) is 0 Å². The van der Waals surface area contributed by atoms with Crippen molar-refractivity contribution in [3.63, 3.8) is 0 Å². The van der Waals surface area contributed by atoms with Crippen LogP contribution in [-0.2, 0) is 0 Å². The molecule has 4 rings (SSSR count). The number of phenolic OH excluding ortho intramolecular Hbond substituents is 1. The predicted molar refractivity (Wildman–Crippen MR) is 117 cm³/mol. The fourth-order valence-electron chi connectivity index (χ4n) is 3.36. The molecule has 1 aromatic heterocycles. The van der Waals surface area contributed by atoms with Crippen LogP contribution in [0, 0.1) is 6.92 Å². The second-order valence-corrected chi connectivity index (χ2v) is 6.70. The van der Waals surface area contributed by atoms with Gasteiger partial charge in [-0.2, -0.15) is 4.98 Å². The normalized spacial score (nSPS) is 11.1. The van der Waals surface area contributed by atoms with Gasteiger partial charge in [0, 0.05) is 11.4 Å². The Bertz CT molecular complexity index is 1210. The highest BCUT2D eigenvalue weighted by molar-refractivity contribution is 5.71. The number of aromatic nitrogens is 2. The van der Waals surface area contributed by atoms with Gasteiger partial charge in [0.1, 0.15) is 11.6 Å². The van der Waals surface area contributed by atoms with Crippen LogP contribution in [0.3, 0.4) is 0 Å². The van der Waals surface area contributed by atoms with Crippen molar-refractivity contribution >= 4 is 12.2 Å². The number of rotatable bonds is 4. The van der Waals surface area contributed by atoms with Crippen LogP contribution in [0.1, 0.15) is 17.1 Å². The van der Waals surface area contributed by atoms with E-state index in [1.165, 1.54) is 0 Å². The van der Waals surface area contributed by atoms with E-state index in [0.717, 1.165) is 22.5 Å². The molecule has 0 spiro atoms. The molecule has 0 unspecified atom stereocenters. The number of hydrogen-bond acceptors (Lipinski definition) is 3. The maximum Gasteiger partial charge on any atom is 0.281 e.